The van der Waals surface area contributed by atoms with Gasteiger partial charge in [-0.15, -0.1) is 0 Å². The first-order valence-corrected chi connectivity index (χ1v) is 7.75. The number of amides is 1. The monoisotopic (exact) mass is 329 g/mol. The SMILES string of the molecule is CCCOc1ccc(/C=C2\C(=O)Nc3cc(Cl)ccc32)c(O)c1. The van der Waals surface area contributed by atoms with E-state index in [0.717, 1.165) is 12.0 Å². The summed E-state index contributed by atoms with van der Waals surface area (Å²) in [6, 6.07) is 10.3. The molecule has 0 radical (unpaired) electrons. The molecule has 1 heterocycles. The molecule has 1 amide bonds. The average Bonchev–Trinajstić information content (AvgIpc) is 2.82. The van der Waals surface area contributed by atoms with E-state index in [1.807, 2.05) is 6.92 Å². The minimum Gasteiger partial charge on any atom is -0.507 e. The van der Waals surface area contributed by atoms with E-state index in [1.165, 1.54) is 0 Å². The Morgan fingerprint density at radius 1 is 1.26 bits per heavy atom. The Balaban J connectivity index is 1.95. The molecule has 0 aliphatic carbocycles. The van der Waals surface area contributed by atoms with Gasteiger partial charge in [-0.2, -0.15) is 0 Å². The number of carbonyl (C=O) groups is 1. The Bertz CT molecular complexity index is 799. The molecule has 0 saturated carbocycles. The van der Waals surface area contributed by atoms with Gasteiger partial charge in [0.25, 0.3) is 5.91 Å². The molecule has 4 nitrogen and oxygen atoms in total. The van der Waals surface area contributed by atoms with Gasteiger partial charge in [0.1, 0.15) is 11.5 Å². The van der Waals surface area contributed by atoms with Crippen LogP contribution in [0, 0.1) is 0 Å². The lowest BCUT2D eigenvalue weighted by atomic mass is 10.0. The maximum Gasteiger partial charge on any atom is 0.256 e. The van der Waals surface area contributed by atoms with Gasteiger partial charge in [-0.1, -0.05) is 24.6 Å². The fraction of sp³-hybridized carbons (Fsp3) is 0.167. The van der Waals surface area contributed by atoms with Gasteiger partial charge in [-0.3, -0.25) is 4.79 Å². The van der Waals surface area contributed by atoms with Crippen LogP contribution in [0.3, 0.4) is 0 Å². The van der Waals surface area contributed by atoms with Crippen molar-refractivity contribution < 1.29 is 14.6 Å². The molecular formula is C18H16ClNO3. The summed E-state index contributed by atoms with van der Waals surface area (Å²) < 4.78 is 5.48. The van der Waals surface area contributed by atoms with E-state index in [9.17, 15) is 9.90 Å². The number of fused-ring (bicyclic) bond motifs is 1. The van der Waals surface area contributed by atoms with Crippen LogP contribution in [0.2, 0.25) is 5.02 Å². The van der Waals surface area contributed by atoms with E-state index in [2.05, 4.69) is 5.32 Å². The number of phenols is 1. The summed E-state index contributed by atoms with van der Waals surface area (Å²) in [4.78, 5) is 12.1. The van der Waals surface area contributed by atoms with Crippen molar-refractivity contribution in [3.8, 4) is 11.5 Å². The van der Waals surface area contributed by atoms with E-state index in [-0.39, 0.29) is 11.7 Å². The fourth-order valence-electron chi connectivity index (χ4n) is 2.42. The highest BCUT2D eigenvalue weighted by Crippen LogP contribution is 2.36. The molecule has 118 valence electrons. The smallest absolute Gasteiger partial charge is 0.256 e. The molecule has 5 heteroatoms. The van der Waals surface area contributed by atoms with Gasteiger partial charge in [0, 0.05) is 27.8 Å². The molecule has 2 aromatic rings. The van der Waals surface area contributed by atoms with Crippen molar-refractivity contribution in [1.29, 1.82) is 0 Å². The molecule has 3 rings (SSSR count). The topological polar surface area (TPSA) is 58.6 Å². The zero-order chi connectivity index (χ0) is 16.4. The quantitative estimate of drug-likeness (QED) is 0.821. The normalized spacial score (nSPS) is 14.7. The number of halogens is 1. The largest absolute Gasteiger partial charge is 0.507 e. The Morgan fingerprint density at radius 2 is 2.09 bits per heavy atom. The molecule has 2 N–H and O–H groups in total. The summed E-state index contributed by atoms with van der Waals surface area (Å²) in [5, 5.41) is 13.5. The van der Waals surface area contributed by atoms with Crippen LogP contribution in [-0.2, 0) is 4.79 Å². The van der Waals surface area contributed by atoms with Crippen LogP contribution in [0.5, 0.6) is 11.5 Å². The van der Waals surface area contributed by atoms with Crippen LogP contribution >= 0.6 is 11.6 Å². The van der Waals surface area contributed by atoms with E-state index >= 15 is 0 Å². The van der Waals surface area contributed by atoms with Gasteiger partial charge in [0.15, 0.2) is 0 Å². The lowest BCUT2D eigenvalue weighted by molar-refractivity contribution is -0.110. The van der Waals surface area contributed by atoms with E-state index in [0.29, 0.717) is 34.2 Å². The molecule has 1 aliphatic rings. The zero-order valence-electron chi connectivity index (χ0n) is 12.6. The first kappa shape index (κ1) is 15.4. The third-order valence-electron chi connectivity index (χ3n) is 3.54. The molecule has 0 atom stereocenters. The fourth-order valence-corrected chi connectivity index (χ4v) is 2.59. The summed E-state index contributed by atoms with van der Waals surface area (Å²) in [6.45, 7) is 2.61. The van der Waals surface area contributed by atoms with Crippen molar-refractivity contribution in [3.63, 3.8) is 0 Å². The van der Waals surface area contributed by atoms with Crippen LogP contribution < -0.4 is 10.1 Å². The highest BCUT2D eigenvalue weighted by atomic mass is 35.5. The van der Waals surface area contributed by atoms with Crippen LogP contribution in [0.25, 0.3) is 11.6 Å². The molecule has 0 spiro atoms. The second kappa shape index (κ2) is 6.34. The van der Waals surface area contributed by atoms with Crippen molar-refractivity contribution >= 4 is 34.8 Å². The molecule has 0 bridgehead atoms. The molecule has 1 aliphatic heterocycles. The summed E-state index contributed by atoms with van der Waals surface area (Å²) in [5.74, 6) is 0.462. The Morgan fingerprint density at radius 3 is 2.83 bits per heavy atom. The maximum atomic E-state index is 12.1. The Labute approximate surface area is 139 Å². The predicted molar refractivity (Wildman–Crippen MR) is 91.8 cm³/mol. The molecule has 0 aromatic heterocycles. The number of rotatable bonds is 4. The summed E-state index contributed by atoms with van der Waals surface area (Å²) in [5.41, 5.74) is 2.50. The number of hydrogen-bond acceptors (Lipinski definition) is 3. The molecule has 0 fully saturated rings. The average molecular weight is 330 g/mol. The van der Waals surface area contributed by atoms with E-state index < -0.39 is 0 Å². The molecule has 23 heavy (non-hydrogen) atoms. The number of phenolic OH excluding ortho intramolecular Hbond substituents is 1. The minimum atomic E-state index is -0.215. The van der Waals surface area contributed by atoms with E-state index in [4.69, 9.17) is 16.3 Å². The van der Waals surface area contributed by atoms with Crippen LogP contribution in [0.4, 0.5) is 5.69 Å². The van der Waals surface area contributed by atoms with Gasteiger partial charge >= 0.3 is 0 Å². The second-order valence-electron chi connectivity index (χ2n) is 5.27. The number of carbonyl (C=O) groups excluding carboxylic acids is 1. The van der Waals surface area contributed by atoms with Crippen molar-refractivity contribution in [2.75, 3.05) is 11.9 Å². The molecular weight excluding hydrogens is 314 g/mol. The van der Waals surface area contributed by atoms with Crippen LogP contribution in [0.1, 0.15) is 24.5 Å². The van der Waals surface area contributed by atoms with Gasteiger partial charge in [-0.05, 0) is 36.8 Å². The number of benzene rings is 2. The number of anilines is 1. The van der Waals surface area contributed by atoms with Gasteiger partial charge in [0.05, 0.1) is 12.3 Å². The third-order valence-corrected chi connectivity index (χ3v) is 3.77. The zero-order valence-corrected chi connectivity index (χ0v) is 13.4. The molecule has 0 saturated heterocycles. The predicted octanol–water partition coefficient (Wildman–Crippen LogP) is 4.33. The summed E-state index contributed by atoms with van der Waals surface area (Å²) in [6.07, 6.45) is 2.56. The Kier molecular flexibility index (Phi) is 4.26. The number of aromatic hydroxyl groups is 1. The highest BCUT2D eigenvalue weighted by Gasteiger charge is 2.24. The van der Waals surface area contributed by atoms with Gasteiger partial charge < -0.3 is 15.2 Å². The van der Waals surface area contributed by atoms with Crippen molar-refractivity contribution in [3.05, 3.63) is 52.5 Å². The lowest BCUT2D eigenvalue weighted by Crippen LogP contribution is -2.03. The number of nitrogens with one attached hydrogen (secondary N) is 1. The minimum absolute atomic E-state index is 0.0707. The van der Waals surface area contributed by atoms with Crippen LogP contribution in [0.15, 0.2) is 36.4 Å². The Hall–Kier alpha value is -2.46. The number of hydrogen-bond donors (Lipinski definition) is 2. The summed E-state index contributed by atoms with van der Waals surface area (Å²) >= 11 is 5.94. The third kappa shape index (κ3) is 3.17. The molecule has 0 unspecified atom stereocenters. The molecule has 2 aromatic carbocycles. The standard InChI is InChI=1S/C18H16ClNO3/c1-2-7-23-13-5-3-11(17(21)10-13)8-15-14-6-4-12(19)9-16(14)20-18(15)22/h3-6,8-10,21H,2,7H2,1H3,(H,20,22)/b15-8-. The van der Waals surface area contributed by atoms with Crippen LogP contribution in [-0.4, -0.2) is 17.6 Å². The highest BCUT2D eigenvalue weighted by molar-refractivity contribution is 6.36. The van der Waals surface area contributed by atoms with Gasteiger partial charge in [0.2, 0.25) is 0 Å². The maximum absolute atomic E-state index is 12.1. The summed E-state index contributed by atoms with van der Waals surface area (Å²) in [7, 11) is 0. The van der Waals surface area contributed by atoms with Crippen molar-refractivity contribution in [2.45, 2.75) is 13.3 Å². The van der Waals surface area contributed by atoms with Crippen molar-refractivity contribution in [1.82, 2.24) is 0 Å². The van der Waals surface area contributed by atoms with Gasteiger partial charge in [-0.25, -0.2) is 0 Å². The second-order valence-corrected chi connectivity index (χ2v) is 5.71. The van der Waals surface area contributed by atoms with E-state index in [1.54, 1.807) is 42.5 Å². The first-order chi connectivity index (χ1) is 11.1. The number of ether oxygens (including phenoxy) is 1. The first-order valence-electron chi connectivity index (χ1n) is 7.37. The van der Waals surface area contributed by atoms with Crippen molar-refractivity contribution in [2.24, 2.45) is 0 Å². The lowest BCUT2D eigenvalue weighted by Gasteiger charge is -2.07.